The lowest BCUT2D eigenvalue weighted by molar-refractivity contribution is 0.697. The molecule has 1 aliphatic rings. The number of rotatable bonds is 1. The smallest absolute Gasteiger partial charge is 0.255 e. The maximum atomic E-state index is 6.22. The second-order valence-electron chi connectivity index (χ2n) is 4.76. The zero-order chi connectivity index (χ0) is 12.8. The Morgan fingerprint density at radius 2 is 2.11 bits per heavy atom. The molecule has 4 rings (SSSR count). The average Bonchev–Trinajstić information content (AvgIpc) is 2.98. The number of nitrogen functional groups attached to an aromatic ring is 1. The summed E-state index contributed by atoms with van der Waals surface area (Å²) < 4.78 is 1.91. The molecular formula is C13H13N5S. The second kappa shape index (κ2) is 4.03. The Kier molecular flexibility index (Phi) is 2.32. The van der Waals surface area contributed by atoms with Crippen molar-refractivity contribution in [2.45, 2.75) is 25.7 Å². The minimum absolute atomic E-state index is 0.618. The van der Waals surface area contributed by atoms with Gasteiger partial charge in [0.25, 0.3) is 5.78 Å². The maximum Gasteiger partial charge on any atom is 0.255 e. The Bertz CT molecular complexity index is 758. The molecule has 6 heteroatoms. The highest BCUT2D eigenvalue weighted by Gasteiger charge is 2.23. The number of nitrogens with zero attached hydrogens (tertiary/aromatic N) is 4. The van der Waals surface area contributed by atoms with Gasteiger partial charge in [-0.25, -0.2) is 4.98 Å². The molecule has 1 aliphatic carbocycles. The molecule has 0 aliphatic heterocycles. The molecule has 0 atom stereocenters. The van der Waals surface area contributed by atoms with Crippen LogP contribution in [-0.4, -0.2) is 19.6 Å². The van der Waals surface area contributed by atoms with Gasteiger partial charge in [0, 0.05) is 17.3 Å². The number of aromatic nitrogens is 4. The standard InChI is InChI=1S/C13H13N5S/c14-11-10(8-4-1-2-5-9(8)19-11)12-16-17-13-15-6-3-7-18(12)13/h3,6-7H,1-2,4-5,14H2. The first-order chi connectivity index (χ1) is 9.34. The van der Waals surface area contributed by atoms with Gasteiger partial charge in [0.1, 0.15) is 0 Å². The molecule has 0 unspecified atom stereocenters. The van der Waals surface area contributed by atoms with Gasteiger partial charge in [-0.1, -0.05) is 0 Å². The fourth-order valence-corrected chi connectivity index (χ4v) is 3.90. The molecule has 96 valence electrons. The Morgan fingerprint density at radius 3 is 3.05 bits per heavy atom. The summed E-state index contributed by atoms with van der Waals surface area (Å²) in [4.78, 5) is 5.62. The van der Waals surface area contributed by atoms with E-state index in [9.17, 15) is 0 Å². The third-order valence-electron chi connectivity index (χ3n) is 3.61. The molecule has 3 heterocycles. The minimum Gasteiger partial charge on any atom is -0.390 e. The van der Waals surface area contributed by atoms with Crippen LogP contribution >= 0.6 is 11.3 Å². The van der Waals surface area contributed by atoms with Gasteiger partial charge in [0.2, 0.25) is 0 Å². The van der Waals surface area contributed by atoms with E-state index in [1.807, 2.05) is 16.7 Å². The van der Waals surface area contributed by atoms with Crippen molar-refractivity contribution in [1.29, 1.82) is 0 Å². The van der Waals surface area contributed by atoms with E-state index in [-0.39, 0.29) is 0 Å². The summed E-state index contributed by atoms with van der Waals surface area (Å²) in [5, 5.41) is 9.25. The van der Waals surface area contributed by atoms with Crippen molar-refractivity contribution in [3.8, 4) is 11.4 Å². The lowest BCUT2D eigenvalue weighted by atomic mass is 9.95. The van der Waals surface area contributed by atoms with E-state index in [0.29, 0.717) is 5.78 Å². The number of thiophene rings is 1. The molecule has 0 fully saturated rings. The van der Waals surface area contributed by atoms with Crippen LogP contribution in [0.3, 0.4) is 0 Å². The Hall–Kier alpha value is -1.95. The molecule has 0 saturated heterocycles. The zero-order valence-corrected chi connectivity index (χ0v) is 11.2. The number of hydrogen-bond donors (Lipinski definition) is 1. The summed E-state index contributed by atoms with van der Waals surface area (Å²) in [6, 6.07) is 1.88. The van der Waals surface area contributed by atoms with Crippen molar-refractivity contribution in [3.05, 3.63) is 28.9 Å². The van der Waals surface area contributed by atoms with Crippen LogP contribution in [0.25, 0.3) is 17.2 Å². The van der Waals surface area contributed by atoms with Crippen molar-refractivity contribution < 1.29 is 0 Å². The number of nitrogens with two attached hydrogens (primary N) is 1. The van der Waals surface area contributed by atoms with Crippen LogP contribution in [-0.2, 0) is 12.8 Å². The monoisotopic (exact) mass is 271 g/mol. The van der Waals surface area contributed by atoms with Crippen LogP contribution in [0.5, 0.6) is 0 Å². The third-order valence-corrected chi connectivity index (χ3v) is 4.73. The number of hydrogen-bond acceptors (Lipinski definition) is 5. The zero-order valence-electron chi connectivity index (χ0n) is 10.3. The van der Waals surface area contributed by atoms with E-state index in [0.717, 1.165) is 29.2 Å². The quantitative estimate of drug-likeness (QED) is 0.737. The predicted octanol–water partition coefficient (Wildman–Crippen LogP) is 2.31. The average molecular weight is 271 g/mol. The van der Waals surface area contributed by atoms with Gasteiger partial charge in [-0.2, -0.15) is 0 Å². The molecule has 5 nitrogen and oxygen atoms in total. The van der Waals surface area contributed by atoms with E-state index < -0.39 is 0 Å². The van der Waals surface area contributed by atoms with Crippen molar-refractivity contribution in [2.75, 3.05) is 5.73 Å². The van der Waals surface area contributed by atoms with Gasteiger partial charge in [-0.05, 0) is 37.3 Å². The highest BCUT2D eigenvalue weighted by molar-refractivity contribution is 7.16. The van der Waals surface area contributed by atoms with Crippen LogP contribution in [0.1, 0.15) is 23.3 Å². The summed E-state index contributed by atoms with van der Waals surface area (Å²) in [5.41, 5.74) is 8.66. The Morgan fingerprint density at radius 1 is 1.21 bits per heavy atom. The number of aryl methyl sites for hydroxylation is 1. The molecule has 2 N–H and O–H groups in total. The van der Waals surface area contributed by atoms with Gasteiger partial charge in [0.05, 0.1) is 10.6 Å². The van der Waals surface area contributed by atoms with Gasteiger partial charge in [0.15, 0.2) is 5.82 Å². The van der Waals surface area contributed by atoms with Gasteiger partial charge in [-0.3, -0.25) is 4.40 Å². The SMILES string of the molecule is Nc1sc2c(c1-c1nnc3ncccn13)CCCC2. The maximum absolute atomic E-state index is 6.22. The van der Waals surface area contributed by atoms with E-state index >= 15 is 0 Å². The first-order valence-corrected chi connectivity index (χ1v) is 7.22. The topological polar surface area (TPSA) is 69.1 Å². The van der Waals surface area contributed by atoms with E-state index in [1.54, 1.807) is 17.5 Å². The lowest BCUT2D eigenvalue weighted by Crippen LogP contribution is -2.01. The predicted molar refractivity (Wildman–Crippen MR) is 75.1 cm³/mol. The van der Waals surface area contributed by atoms with E-state index in [4.69, 9.17) is 5.73 Å². The summed E-state index contributed by atoms with van der Waals surface area (Å²) in [6.07, 6.45) is 8.37. The normalized spacial score (nSPS) is 14.7. The second-order valence-corrected chi connectivity index (χ2v) is 5.90. The molecular weight excluding hydrogens is 258 g/mol. The van der Waals surface area contributed by atoms with Crippen molar-refractivity contribution in [3.63, 3.8) is 0 Å². The molecule has 0 amide bonds. The molecule has 0 spiro atoms. The highest BCUT2D eigenvalue weighted by Crippen LogP contribution is 2.41. The summed E-state index contributed by atoms with van der Waals surface area (Å²) in [6.45, 7) is 0. The van der Waals surface area contributed by atoms with Gasteiger partial charge < -0.3 is 5.73 Å². The van der Waals surface area contributed by atoms with Crippen LogP contribution in [0, 0.1) is 0 Å². The molecule has 0 radical (unpaired) electrons. The van der Waals surface area contributed by atoms with Crippen LogP contribution in [0.4, 0.5) is 5.00 Å². The largest absolute Gasteiger partial charge is 0.390 e. The summed E-state index contributed by atoms with van der Waals surface area (Å²) in [7, 11) is 0. The molecule has 3 aromatic heterocycles. The third kappa shape index (κ3) is 1.56. The minimum atomic E-state index is 0.618. The molecule has 3 aromatic rings. The van der Waals surface area contributed by atoms with E-state index in [1.165, 1.54) is 23.3 Å². The van der Waals surface area contributed by atoms with Gasteiger partial charge in [-0.15, -0.1) is 21.5 Å². The van der Waals surface area contributed by atoms with Crippen LogP contribution in [0.2, 0.25) is 0 Å². The Labute approximate surface area is 114 Å². The molecule has 0 saturated carbocycles. The Balaban J connectivity index is 2.00. The lowest BCUT2D eigenvalue weighted by Gasteiger charge is -2.11. The van der Waals surface area contributed by atoms with Crippen molar-refractivity contribution in [1.82, 2.24) is 19.6 Å². The molecule has 19 heavy (non-hydrogen) atoms. The fraction of sp³-hybridized carbons (Fsp3) is 0.308. The van der Waals surface area contributed by atoms with E-state index in [2.05, 4.69) is 15.2 Å². The summed E-state index contributed by atoms with van der Waals surface area (Å²) >= 11 is 1.70. The van der Waals surface area contributed by atoms with Crippen LogP contribution in [0.15, 0.2) is 18.5 Å². The number of anilines is 1. The van der Waals surface area contributed by atoms with Crippen molar-refractivity contribution >= 4 is 22.1 Å². The van der Waals surface area contributed by atoms with Crippen LogP contribution < -0.4 is 5.73 Å². The first kappa shape index (κ1) is 10.9. The van der Waals surface area contributed by atoms with Crippen molar-refractivity contribution in [2.24, 2.45) is 0 Å². The number of fused-ring (bicyclic) bond motifs is 2. The van der Waals surface area contributed by atoms with Gasteiger partial charge >= 0.3 is 0 Å². The highest BCUT2D eigenvalue weighted by atomic mass is 32.1. The molecule has 0 aromatic carbocycles. The summed E-state index contributed by atoms with van der Waals surface area (Å²) in [5.74, 6) is 1.44. The first-order valence-electron chi connectivity index (χ1n) is 6.41. The molecule has 0 bridgehead atoms. The fourth-order valence-electron chi connectivity index (χ4n) is 2.75.